The molecule has 0 spiro atoms. The van der Waals surface area contributed by atoms with Gasteiger partial charge < -0.3 is 4.90 Å². The molecule has 0 aliphatic carbocycles. The van der Waals surface area contributed by atoms with Crippen LogP contribution in [0, 0.1) is 10.1 Å². The molecule has 156 valence electrons. The second kappa shape index (κ2) is 8.74. The van der Waals surface area contributed by atoms with Gasteiger partial charge in [-0.1, -0.05) is 28.1 Å². The highest BCUT2D eigenvalue weighted by molar-refractivity contribution is 9.10. The van der Waals surface area contributed by atoms with Crippen LogP contribution in [-0.2, 0) is 4.79 Å². The molecule has 2 aromatic carbocycles. The molecule has 0 fully saturated rings. The molecule has 0 N–H and O–H groups in total. The van der Waals surface area contributed by atoms with Crippen LogP contribution in [0.3, 0.4) is 0 Å². The average molecular weight is 474 g/mol. The molecule has 3 rings (SSSR count). The number of imide groups is 1. The van der Waals surface area contributed by atoms with E-state index in [-0.39, 0.29) is 42.4 Å². The van der Waals surface area contributed by atoms with Crippen molar-refractivity contribution in [2.24, 2.45) is 0 Å². The number of nitrogens with zero attached hydrogens (tertiary/aromatic N) is 3. The number of carbonyl (C=O) groups excluding carboxylic acids is 3. The number of non-ortho nitro benzene ring substituents is 1. The molecule has 1 aliphatic heterocycles. The van der Waals surface area contributed by atoms with Crippen molar-refractivity contribution in [2.45, 2.75) is 25.8 Å². The second-order valence-electron chi connectivity index (χ2n) is 7.09. The molecule has 1 atom stereocenters. The van der Waals surface area contributed by atoms with Gasteiger partial charge in [0.1, 0.15) is 0 Å². The summed E-state index contributed by atoms with van der Waals surface area (Å²) in [7, 11) is 1.63. The summed E-state index contributed by atoms with van der Waals surface area (Å²) < 4.78 is 0.719. The molecule has 0 radical (unpaired) electrons. The van der Waals surface area contributed by atoms with Gasteiger partial charge in [0.15, 0.2) is 0 Å². The number of benzene rings is 2. The van der Waals surface area contributed by atoms with Gasteiger partial charge in [0.25, 0.3) is 17.5 Å². The second-order valence-corrected chi connectivity index (χ2v) is 8.00. The van der Waals surface area contributed by atoms with Crippen LogP contribution in [-0.4, -0.2) is 46.0 Å². The van der Waals surface area contributed by atoms with Crippen LogP contribution in [0.15, 0.2) is 46.9 Å². The number of carbonyl (C=O) groups is 3. The molecule has 0 aromatic heterocycles. The molecule has 0 bridgehead atoms. The van der Waals surface area contributed by atoms with Gasteiger partial charge in [0.2, 0.25) is 5.91 Å². The summed E-state index contributed by atoms with van der Waals surface area (Å²) in [6, 6.07) is 10.8. The Morgan fingerprint density at radius 1 is 1.17 bits per heavy atom. The van der Waals surface area contributed by atoms with E-state index in [4.69, 9.17) is 0 Å². The molecule has 2 aromatic rings. The number of rotatable bonds is 7. The summed E-state index contributed by atoms with van der Waals surface area (Å²) in [6.45, 7) is 1.94. The summed E-state index contributed by atoms with van der Waals surface area (Å²) in [6.07, 6.45) is 0.477. The highest BCUT2D eigenvalue weighted by atomic mass is 79.9. The van der Waals surface area contributed by atoms with Crippen molar-refractivity contribution in [1.29, 1.82) is 0 Å². The summed E-state index contributed by atoms with van der Waals surface area (Å²) in [5.41, 5.74) is 1.35. The van der Waals surface area contributed by atoms with Crippen molar-refractivity contribution in [3.05, 3.63) is 73.7 Å². The number of amides is 3. The lowest BCUT2D eigenvalue weighted by Crippen LogP contribution is -2.33. The Balaban J connectivity index is 1.58. The largest absolute Gasteiger partial charge is 0.339 e. The summed E-state index contributed by atoms with van der Waals surface area (Å²) in [5, 5.41) is 11.0. The summed E-state index contributed by atoms with van der Waals surface area (Å²) in [4.78, 5) is 50.7. The van der Waals surface area contributed by atoms with Crippen LogP contribution >= 0.6 is 15.9 Å². The minimum atomic E-state index is -0.474. The maximum atomic E-state index is 12.6. The Morgan fingerprint density at radius 2 is 1.87 bits per heavy atom. The van der Waals surface area contributed by atoms with E-state index in [9.17, 15) is 24.5 Å². The highest BCUT2D eigenvalue weighted by Crippen LogP contribution is 2.27. The topological polar surface area (TPSA) is 101 Å². The number of fused-ring (bicyclic) bond motifs is 1. The van der Waals surface area contributed by atoms with Crippen molar-refractivity contribution >= 4 is 39.3 Å². The third-order valence-electron chi connectivity index (χ3n) is 5.24. The molecule has 1 unspecified atom stereocenters. The van der Waals surface area contributed by atoms with E-state index in [0.29, 0.717) is 23.1 Å². The van der Waals surface area contributed by atoms with E-state index >= 15 is 0 Å². The standard InChI is InChI=1S/C21H20BrN3O5/c1-13(14-5-3-6-16(11-14)25(29)30)23(2)19(26)7-4-10-24-20(27)17-9-8-15(22)12-18(17)21(24)28/h3,5-6,8-9,11-13H,4,7,10H2,1-2H3. The van der Waals surface area contributed by atoms with Gasteiger partial charge in [-0.05, 0) is 37.1 Å². The van der Waals surface area contributed by atoms with Gasteiger partial charge in [-0.3, -0.25) is 29.4 Å². The monoisotopic (exact) mass is 473 g/mol. The fourth-order valence-electron chi connectivity index (χ4n) is 3.37. The third kappa shape index (κ3) is 4.25. The molecule has 1 aliphatic rings. The van der Waals surface area contributed by atoms with Crippen molar-refractivity contribution in [3.63, 3.8) is 0 Å². The normalized spacial score (nSPS) is 13.9. The van der Waals surface area contributed by atoms with Crippen molar-refractivity contribution < 1.29 is 19.3 Å². The zero-order valence-corrected chi connectivity index (χ0v) is 18.1. The number of halogens is 1. The molecule has 0 saturated carbocycles. The molecule has 9 heteroatoms. The Bertz CT molecular complexity index is 1040. The van der Waals surface area contributed by atoms with Crippen LogP contribution < -0.4 is 0 Å². The van der Waals surface area contributed by atoms with E-state index in [1.807, 2.05) is 0 Å². The minimum Gasteiger partial charge on any atom is -0.339 e. The van der Waals surface area contributed by atoms with Crippen LogP contribution in [0.25, 0.3) is 0 Å². The zero-order valence-electron chi connectivity index (χ0n) is 16.5. The predicted octanol–water partition coefficient (Wildman–Crippen LogP) is 3.95. The molecule has 30 heavy (non-hydrogen) atoms. The van der Waals surface area contributed by atoms with E-state index in [1.54, 1.807) is 44.3 Å². The van der Waals surface area contributed by atoms with E-state index in [0.717, 1.165) is 9.37 Å². The smallest absolute Gasteiger partial charge is 0.269 e. The van der Waals surface area contributed by atoms with E-state index in [1.165, 1.54) is 17.0 Å². The SMILES string of the molecule is CC(c1cccc([N+](=O)[O-])c1)N(C)C(=O)CCCN1C(=O)c2ccc(Br)cc2C1=O. The summed E-state index contributed by atoms with van der Waals surface area (Å²) >= 11 is 3.30. The molecule has 8 nitrogen and oxygen atoms in total. The molecule has 1 heterocycles. The number of nitro benzene ring substituents is 1. The third-order valence-corrected chi connectivity index (χ3v) is 5.74. The molecule has 0 saturated heterocycles. The Hall–Kier alpha value is -3.07. The zero-order chi connectivity index (χ0) is 22.0. The van der Waals surface area contributed by atoms with Crippen LogP contribution in [0.5, 0.6) is 0 Å². The predicted molar refractivity (Wildman–Crippen MR) is 113 cm³/mol. The lowest BCUT2D eigenvalue weighted by molar-refractivity contribution is -0.384. The van der Waals surface area contributed by atoms with Crippen molar-refractivity contribution in [3.8, 4) is 0 Å². The Kier molecular flexibility index (Phi) is 6.31. The van der Waals surface area contributed by atoms with Gasteiger partial charge >= 0.3 is 0 Å². The van der Waals surface area contributed by atoms with E-state index in [2.05, 4.69) is 15.9 Å². The first-order valence-corrected chi connectivity index (χ1v) is 10.2. The quantitative estimate of drug-likeness (QED) is 0.344. The average Bonchev–Trinajstić information content (AvgIpc) is 2.96. The number of hydrogen-bond acceptors (Lipinski definition) is 5. The molecular weight excluding hydrogens is 454 g/mol. The van der Waals surface area contributed by atoms with E-state index < -0.39 is 4.92 Å². The Morgan fingerprint density at radius 3 is 2.57 bits per heavy atom. The highest BCUT2D eigenvalue weighted by Gasteiger charge is 2.35. The van der Waals surface area contributed by atoms with Gasteiger partial charge in [-0.25, -0.2) is 0 Å². The fourth-order valence-corrected chi connectivity index (χ4v) is 3.73. The van der Waals surface area contributed by atoms with Crippen LogP contribution in [0.4, 0.5) is 5.69 Å². The van der Waals surface area contributed by atoms with Gasteiger partial charge in [0, 0.05) is 36.6 Å². The van der Waals surface area contributed by atoms with Gasteiger partial charge in [0.05, 0.1) is 22.1 Å². The van der Waals surface area contributed by atoms with Crippen molar-refractivity contribution in [1.82, 2.24) is 9.80 Å². The maximum Gasteiger partial charge on any atom is 0.269 e. The first-order chi connectivity index (χ1) is 14.2. The first-order valence-electron chi connectivity index (χ1n) is 9.36. The Labute approximate surface area is 181 Å². The molecule has 3 amide bonds. The fraction of sp³-hybridized carbons (Fsp3) is 0.286. The van der Waals surface area contributed by atoms with Crippen LogP contribution in [0.1, 0.15) is 52.1 Å². The maximum absolute atomic E-state index is 12.6. The lowest BCUT2D eigenvalue weighted by atomic mass is 10.1. The minimum absolute atomic E-state index is 0.0301. The van der Waals surface area contributed by atoms with Gasteiger partial charge in [-0.15, -0.1) is 0 Å². The van der Waals surface area contributed by atoms with Gasteiger partial charge in [-0.2, -0.15) is 0 Å². The number of nitro groups is 1. The summed E-state index contributed by atoms with van der Waals surface area (Å²) in [5.74, 6) is -0.885. The van der Waals surface area contributed by atoms with Crippen LogP contribution in [0.2, 0.25) is 0 Å². The lowest BCUT2D eigenvalue weighted by Gasteiger charge is -2.25. The molecular formula is C21H20BrN3O5. The van der Waals surface area contributed by atoms with Crippen molar-refractivity contribution in [2.75, 3.05) is 13.6 Å². The number of hydrogen-bond donors (Lipinski definition) is 0. The first kappa shape index (κ1) is 21.6.